The van der Waals surface area contributed by atoms with Gasteiger partial charge in [0.2, 0.25) is 0 Å². The average molecular weight is 200 g/mol. The van der Waals surface area contributed by atoms with Crippen LogP contribution in [0.4, 0.5) is 5.82 Å². The van der Waals surface area contributed by atoms with E-state index in [1.807, 2.05) is 0 Å². The van der Waals surface area contributed by atoms with Gasteiger partial charge in [-0.2, -0.15) is 0 Å². The number of nitro groups is 1. The molecule has 0 aliphatic carbocycles. The van der Waals surface area contributed by atoms with E-state index in [0.29, 0.717) is 5.69 Å². The maximum Gasteiger partial charge on any atom is 0.323 e. The lowest BCUT2D eigenvalue weighted by atomic mass is 10.3. The van der Waals surface area contributed by atoms with Crippen molar-refractivity contribution < 1.29 is 15.1 Å². The van der Waals surface area contributed by atoms with E-state index in [-0.39, 0.29) is 12.4 Å². The molecule has 0 radical (unpaired) electrons. The number of rotatable bonds is 4. The molecular formula is C8H12N2O4. The molecule has 0 fully saturated rings. The molecule has 0 amide bonds. The van der Waals surface area contributed by atoms with Gasteiger partial charge in [-0.1, -0.05) is 0 Å². The second-order valence-corrected chi connectivity index (χ2v) is 3.04. The van der Waals surface area contributed by atoms with Crippen molar-refractivity contribution >= 4 is 5.82 Å². The zero-order chi connectivity index (χ0) is 10.7. The lowest BCUT2D eigenvalue weighted by Crippen LogP contribution is -2.21. The Bertz CT molecular complexity index is 334. The molecule has 14 heavy (non-hydrogen) atoms. The van der Waals surface area contributed by atoms with Crippen LogP contribution in [0.3, 0.4) is 0 Å². The van der Waals surface area contributed by atoms with Crippen LogP contribution >= 0.6 is 0 Å². The Labute approximate surface area is 80.6 Å². The molecule has 0 saturated carbocycles. The highest BCUT2D eigenvalue weighted by atomic mass is 16.6. The van der Waals surface area contributed by atoms with E-state index in [2.05, 4.69) is 0 Å². The summed E-state index contributed by atoms with van der Waals surface area (Å²) >= 11 is 0. The molecule has 1 heterocycles. The molecule has 0 aromatic carbocycles. The largest absolute Gasteiger partial charge is 0.394 e. The van der Waals surface area contributed by atoms with Gasteiger partial charge < -0.3 is 20.3 Å². The van der Waals surface area contributed by atoms with Crippen molar-refractivity contribution in [2.45, 2.75) is 19.6 Å². The van der Waals surface area contributed by atoms with Gasteiger partial charge in [-0.15, -0.1) is 0 Å². The summed E-state index contributed by atoms with van der Waals surface area (Å²) in [7, 11) is 0. The van der Waals surface area contributed by atoms with E-state index in [1.165, 1.54) is 10.6 Å². The second-order valence-electron chi connectivity index (χ2n) is 3.04. The Kier molecular flexibility index (Phi) is 3.21. The van der Waals surface area contributed by atoms with Crippen molar-refractivity contribution in [2.24, 2.45) is 0 Å². The predicted octanol–water partition coefficient (Wildman–Crippen LogP) is 0.0579. The number of nitrogens with zero attached hydrogens (tertiary/aromatic N) is 2. The van der Waals surface area contributed by atoms with Crippen molar-refractivity contribution in [3.05, 3.63) is 27.9 Å². The van der Waals surface area contributed by atoms with E-state index in [1.54, 1.807) is 13.0 Å². The number of aliphatic hydroxyl groups excluding tert-OH is 2. The second kappa shape index (κ2) is 4.21. The van der Waals surface area contributed by atoms with E-state index in [4.69, 9.17) is 10.2 Å². The van der Waals surface area contributed by atoms with Crippen molar-refractivity contribution in [3.8, 4) is 0 Å². The number of hydrogen-bond donors (Lipinski definition) is 2. The Morgan fingerprint density at radius 1 is 1.64 bits per heavy atom. The van der Waals surface area contributed by atoms with Crippen LogP contribution in [-0.4, -0.2) is 32.4 Å². The van der Waals surface area contributed by atoms with E-state index < -0.39 is 17.6 Å². The predicted molar refractivity (Wildman–Crippen MR) is 48.9 cm³/mol. The van der Waals surface area contributed by atoms with Crippen LogP contribution in [0, 0.1) is 17.0 Å². The SMILES string of the molecule is Cc1ccc([N+](=O)[O-])n1CC(O)CO. The Morgan fingerprint density at radius 3 is 2.79 bits per heavy atom. The molecule has 78 valence electrons. The highest BCUT2D eigenvalue weighted by Gasteiger charge is 2.18. The Morgan fingerprint density at radius 2 is 2.29 bits per heavy atom. The van der Waals surface area contributed by atoms with Gasteiger partial charge in [0.05, 0.1) is 6.61 Å². The van der Waals surface area contributed by atoms with Gasteiger partial charge in [-0.05, 0) is 17.9 Å². The topological polar surface area (TPSA) is 88.5 Å². The van der Waals surface area contributed by atoms with E-state index >= 15 is 0 Å². The quantitative estimate of drug-likeness (QED) is 0.531. The first-order valence-corrected chi connectivity index (χ1v) is 4.15. The third kappa shape index (κ3) is 2.09. The summed E-state index contributed by atoms with van der Waals surface area (Å²) < 4.78 is 1.36. The number of hydrogen-bond acceptors (Lipinski definition) is 4. The summed E-state index contributed by atoms with van der Waals surface area (Å²) in [4.78, 5) is 10.0. The standard InChI is InChI=1S/C8H12N2O4/c1-6-2-3-8(10(13)14)9(6)4-7(12)5-11/h2-3,7,11-12H,4-5H2,1H3. The number of aromatic nitrogens is 1. The van der Waals surface area contributed by atoms with Crippen LogP contribution in [0.15, 0.2) is 12.1 Å². The average Bonchev–Trinajstić information content (AvgIpc) is 2.48. The van der Waals surface area contributed by atoms with Crippen molar-refractivity contribution in [3.63, 3.8) is 0 Å². The van der Waals surface area contributed by atoms with Crippen LogP contribution in [0.2, 0.25) is 0 Å². The molecule has 2 N–H and O–H groups in total. The first kappa shape index (κ1) is 10.7. The molecule has 0 spiro atoms. The third-order valence-electron chi connectivity index (χ3n) is 1.97. The minimum Gasteiger partial charge on any atom is -0.394 e. The minimum atomic E-state index is -0.972. The van der Waals surface area contributed by atoms with Gasteiger partial charge in [0.1, 0.15) is 18.3 Å². The maximum absolute atomic E-state index is 10.5. The monoisotopic (exact) mass is 200 g/mol. The lowest BCUT2D eigenvalue weighted by Gasteiger charge is -2.07. The highest BCUT2D eigenvalue weighted by molar-refractivity contribution is 5.26. The van der Waals surface area contributed by atoms with Crippen LogP contribution in [0.1, 0.15) is 5.69 Å². The van der Waals surface area contributed by atoms with Crippen LogP contribution in [0.25, 0.3) is 0 Å². The fourth-order valence-electron chi connectivity index (χ4n) is 1.22. The van der Waals surface area contributed by atoms with E-state index in [0.717, 1.165) is 0 Å². The zero-order valence-electron chi connectivity index (χ0n) is 7.75. The van der Waals surface area contributed by atoms with Crippen molar-refractivity contribution in [1.29, 1.82) is 0 Å². The van der Waals surface area contributed by atoms with Crippen LogP contribution in [0.5, 0.6) is 0 Å². The molecule has 0 saturated heterocycles. The first-order chi connectivity index (χ1) is 6.56. The Balaban J connectivity index is 2.93. The maximum atomic E-state index is 10.5. The van der Waals surface area contributed by atoms with Gasteiger partial charge in [-0.3, -0.25) is 0 Å². The Hall–Kier alpha value is -1.40. The van der Waals surface area contributed by atoms with Gasteiger partial charge in [0.25, 0.3) is 0 Å². The molecule has 1 atom stereocenters. The first-order valence-electron chi connectivity index (χ1n) is 4.15. The molecule has 1 rings (SSSR count). The molecule has 6 nitrogen and oxygen atoms in total. The van der Waals surface area contributed by atoms with Gasteiger partial charge in [0, 0.05) is 6.07 Å². The summed E-state index contributed by atoms with van der Waals surface area (Å²) in [6.45, 7) is 1.33. The number of aryl methyl sites for hydroxylation is 1. The fraction of sp³-hybridized carbons (Fsp3) is 0.500. The van der Waals surface area contributed by atoms with Crippen LogP contribution < -0.4 is 0 Å². The normalized spacial score (nSPS) is 12.8. The molecule has 1 aromatic heterocycles. The summed E-state index contributed by atoms with van der Waals surface area (Å²) in [5.74, 6) is -0.0741. The summed E-state index contributed by atoms with van der Waals surface area (Å²) in [5, 5.41) is 28.3. The third-order valence-corrected chi connectivity index (χ3v) is 1.97. The van der Waals surface area contributed by atoms with Gasteiger partial charge in [0.15, 0.2) is 0 Å². The molecule has 0 aliphatic rings. The smallest absolute Gasteiger partial charge is 0.323 e. The van der Waals surface area contributed by atoms with Gasteiger partial charge in [-0.25, -0.2) is 4.57 Å². The molecule has 0 aliphatic heterocycles. The molecule has 0 bridgehead atoms. The van der Waals surface area contributed by atoms with E-state index in [9.17, 15) is 10.1 Å². The summed E-state index contributed by atoms with van der Waals surface area (Å²) in [6.07, 6.45) is -0.972. The van der Waals surface area contributed by atoms with Crippen molar-refractivity contribution in [1.82, 2.24) is 4.57 Å². The van der Waals surface area contributed by atoms with Crippen LogP contribution in [-0.2, 0) is 6.54 Å². The zero-order valence-corrected chi connectivity index (χ0v) is 7.75. The fourth-order valence-corrected chi connectivity index (χ4v) is 1.22. The molecule has 1 unspecified atom stereocenters. The molecule has 1 aromatic rings. The summed E-state index contributed by atoms with van der Waals surface area (Å²) in [6, 6.07) is 2.97. The number of aliphatic hydroxyl groups is 2. The summed E-state index contributed by atoms with van der Waals surface area (Å²) in [5.41, 5.74) is 0.684. The molecular weight excluding hydrogens is 188 g/mol. The minimum absolute atomic E-state index is 0.0334. The molecule has 6 heteroatoms. The van der Waals surface area contributed by atoms with Crippen molar-refractivity contribution in [2.75, 3.05) is 6.61 Å². The van der Waals surface area contributed by atoms with Gasteiger partial charge >= 0.3 is 5.82 Å². The lowest BCUT2D eigenvalue weighted by molar-refractivity contribution is -0.392. The highest BCUT2D eigenvalue weighted by Crippen LogP contribution is 2.16.